The highest BCUT2D eigenvalue weighted by molar-refractivity contribution is 5.26. The van der Waals surface area contributed by atoms with E-state index in [1.54, 1.807) is 0 Å². The maximum atomic E-state index is 6.56. The molecule has 3 unspecified atom stereocenters. The summed E-state index contributed by atoms with van der Waals surface area (Å²) in [7, 11) is 0. The first-order chi connectivity index (χ1) is 10.2. The maximum absolute atomic E-state index is 6.56. The van der Waals surface area contributed by atoms with E-state index < -0.39 is 0 Å². The summed E-state index contributed by atoms with van der Waals surface area (Å²) >= 11 is 0. The Morgan fingerprint density at radius 3 is 2.71 bits per heavy atom. The fraction of sp³-hybridized carbons (Fsp3) is 0.684. The molecule has 2 rings (SSSR count). The van der Waals surface area contributed by atoms with Gasteiger partial charge in [-0.3, -0.25) is 4.90 Å². The lowest BCUT2D eigenvalue weighted by Crippen LogP contribution is -2.45. The molecule has 2 nitrogen and oxygen atoms in total. The van der Waals surface area contributed by atoms with Crippen molar-refractivity contribution < 1.29 is 0 Å². The molecule has 1 aliphatic heterocycles. The van der Waals surface area contributed by atoms with Crippen molar-refractivity contribution in [1.82, 2.24) is 4.90 Å². The van der Waals surface area contributed by atoms with Crippen LogP contribution in [-0.2, 0) is 0 Å². The molecule has 118 valence electrons. The van der Waals surface area contributed by atoms with Gasteiger partial charge in [0.2, 0.25) is 0 Å². The van der Waals surface area contributed by atoms with E-state index in [1.165, 1.54) is 49.8 Å². The molecule has 1 aliphatic rings. The monoisotopic (exact) mass is 288 g/mol. The zero-order valence-electron chi connectivity index (χ0n) is 14.0. The van der Waals surface area contributed by atoms with Gasteiger partial charge < -0.3 is 5.73 Å². The van der Waals surface area contributed by atoms with Crippen LogP contribution in [0.4, 0.5) is 0 Å². The van der Waals surface area contributed by atoms with Crippen LogP contribution in [0.5, 0.6) is 0 Å². The van der Waals surface area contributed by atoms with Gasteiger partial charge in [-0.25, -0.2) is 0 Å². The fourth-order valence-corrected chi connectivity index (χ4v) is 3.77. The first kappa shape index (κ1) is 16.5. The minimum atomic E-state index is 0.221. The molecule has 1 saturated heterocycles. The van der Waals surface area contributed by atoms with Gasteiger partial charge in [-0.2, -0.15) is 0 Å². The van der Waals surface area contributed by atoms with E-state index in [0.29, 0.717) is 12.1 Å². The summed E-state index contributed by atoms with van der Waals surface area (Å²) in [5, 5.41) is 0. The number of likely N-dealkylation sites (tertiary alicyclic amines) is 1. The molecule has 0 bridgehead atoms. The minimum absolute atomic E-state index is 0.221. The van der Waals surface area contributed by atoms with Crippen LogP contribution in [-0.4, -0.2) is 23.5 Å². The molecule has 0 aliphatic carbocycles. The molecule has 0 aromatic heterocycles. The van der Waals surface area contributed by atoms with Gasteiger partial charge in [0.25, 0.3) is 0 Å². The molecular weight excluding hydrogens is 256 g/mol. The predicted octanol–water partition coefficient (Wildman–Crippen LogP) is 4.43. The van der Waals surface area contributed by atoms with Gasteiger partial charge in [0, 0.05) is 12.1 Å². The van der Waals surface area contributed by atoms with Crippen LogP contribution in [0.15, 0.2) is 24.3 Å². The van der Waals surface area contributed by atoms with E-state index in [4.69, 9.17) is 5.73 Å². The van der Waals surface area contributed by atoms with E-state index >= 15 is 0 Å². The van der Waals surface area contributed by atoms with Gasteiger partial charge in [-0.1, -0.05) is 56.5 Å². The third-order valence-corrected chi connectivity index (χ3v) is 5.01. The summed E-state index contributed by atoms with van der Waals surface area (Å²) in [6.45, 7) is 7.92. The first-order valence-corrected chi connectivity index (χ1v) is 8.75. The second-order valence-electron chi connectivity index (χ2n) is 6.58. The molecule has 1 aromatic carbocycles. The topological polar surface area (TPSA) is 29.3 Å². The SMILES string of the molecule is CCC(N)C(c1cccc(C)c1)N1CCCCCC1CC. The van der Waals surface area contributed by atoms with Gasteiger partial charge in [-0.05, 0) is 44.7 Å². The highest BCUT2D eigenvalue weighted by atomic mass is 15.2. The summed E-state index contributed by atoms with van der Waals surface area (Å²) in [5.74, 6) is 0. The van der Waals surface area contributed by atoms with Gasteiger partial charge >= 0.3 is 0 Å². The van der Waals surface area contributed by atoms with Crippen molar-refractivity contribution in [2.24, 2.45) is 5.73 Å². The molecule has 21 heavy (non-hydrogen) atoms. The van der Waals surface area contributed by atoms with Crippen LogP contribution in [0.25, 0.3) is 0 Å². The Hall–Kier alpha value is -0.860. The Kier molecular flexibility index (Phi) is 6.25. The van der Waals surface area contributed by atoms with Crippen LogP contribution < -0.4 is 5.73 Å². The van der Waals surface area contributed by atoms with Crippen LogP contribution in [0.1, 0.15) is 69.5 Å². The zero-order valence-corrected chi connectivity index (χ0v) is 14.0. The second-order valence-corrected chi connectivity index (χ2v) is 6.58. The predicted molar refractivity (Wildman–Crippen MR) is 91.4 cm³/mol. The molecule has 0 spiro atoms. The Morgan fingerprint density at radius 2 is 2.05 bits per heavy atom. The largest absolute Gasteiger partial charge is 0.326 e. The second kappa shape index (κ2) is 7.95. The molecule has 0 radical (unpaired) electrons. The Labute approximate surface area is 130 Å². The van der Waals surface area contributed by atoms with Crippen molar-refractivity contribution in [3.8, 4) is 0 Å². The van der Waals surface area contributed by atoms with E-state index in [-0.39, 0.29) is 6.04 Å². The first-order valence-electron chi connectivity index (χ1n) is 8.75. The standard InChI is InChI=1S/C19H32N2/c1-4-17-12-7-6-8-13-21(17)19(18(20)5-2)16-11-9-10-15(3)14-16/h9-11,14,17-19H,4-8,12-13,20H2,1-3H3. The molecule has 2 N–H and O–H groups in total. The molecule has 3 atom stereocenters. The van der Waals surface area contributed by atoms with Crippen molar-refractivity contribution in [3.63, 3.8) is 0 Å². The van der Waals surface area contributed by atoms with Gasteiger partial charge in [0.15, 0.2) is 0 Å². The lowest BCUT2D eigenvalue weighted by Gasteiger charge is -2.40. The number of hydrogen-bond donors (Lipinski definition) is 1. The number of hydrogen-bond acceptors (Lipinski definition) is 2. The highest BCUT2D eigenvalue weighted by Crippen LogP contribution is 2.32. The summed E-state index contributed by atoms with van der Waals surface area (Å²) in [5.41, 5.74) is 9.30. The van der Waals surface area contributed by atoms with Gasteiger partial charge in [-0.15, -0.1) is 0 Å². The van der Waals surface area contributed by atoms with E-state index in [1.807, 2.05) is 0 Å². The van der Waals surface area contributed by atoms with Crippen molar-refractivity contribution in [2.45, 2.75) is 77.4 Å². The molecule has 0 amide bonds. The Balaban J connectivity index is 2.33. The minimum Gasteiger partial charge on any atom is -0.326 e. The average molecular weight is 288 g/mol. The molecule has 1 heterocycles. The fourth-order valence-electron chi connectivity index (χ4n) is 3.77. The normalized spacial score (nSPS) is 23.5. The van der Waals surface area contributed by atoms with Crippen LogP contribution in [0.3, 0.4) is 0 Å². The summed E-state index contributed by atoms with van der Waals surface area (Å²) in [4.78, 5) is 2.72. The highest BCUT2D eigenvalue weighted by Gasteiger charge is 2.31. The molecule has 2 heteroatoms. The third-order valence-electron chi connectivity index (χ3n) is 5.01. The van der Waals surface area contributed by atoms with Crippen LogP contribution in [0, 0.1) is 6.92 Å². The summed E-state index contributed by atoms with van der Waals surface area (Å²) < 4.78 is 0. The van der Waals surface area contributed by atoms with Crippen LogP contribution in [0.2, 0.25) is 0 Å². The number of rotatable bonds is 5. The molecular formula is C19H32N2. The number of nitrogens with zero attached hydrogens (tertiary/aromatic N) is 1. The smallest absolute Gasteiger partial charge is 0.0502 e. The maximum Gasteiger partial charge on any atom is 0.0502 e. The average Bonchev–Trinajstić information content (AvgIpc) is 2.73. The van der Waals surface area contributed by atoms with E-state index in [2.05, 4.69) is 49.9 Å². The third kappa shape index (κ3) is 4.08. The molecule has 0 saturated carbocycles. The number of benzene rings is 1. The quantitative estimate of drug-likeness (QED) is 0.868. The van der Waals surface area contributed by atoms with Crippen LogP contribution >= 0.6 is 0 Å². The lowest BCUT2D eigenvalue weighted by atomic mass is 9.93. The van der Waals surface area contributed by atoms with Gasteiger partial charge in [0.1, 0.15) is 0 Å². The number of aryl methyl sites for hydroxylation is 1. The number of nitrogens with two attached hydrogens (primary N) is 1. The lowest BCUT2D eigenvalue weighted by molar-refractivity contribution is 0.112. The van der Waals surface area contributed by atoms with E-state index in [0.717, 1.165) is 6.42 Å². The van der Waals surface area contributed by atoms with Gasteiger partial charge in [0.05, 0.1) is 6.04 Å². The Bertz CT molecular complexity index is 429. The summed E-state index contributed by atoms with van der Waals surface area (Å²) in [6, 6.07) is 10.2. The van der Waals surface area contributed by atoms with Crippen molar-refractivity contribution in [1.29, 1.82) is 0 Å². The van der Waals surface area contributed by atoms with Crippen molar-refractivity contribution >= 4 is 0 Å². The Morgan fingerprint density at radius 1 is 1.24 bits per heavy atom. The summed E-state index contributed by atoms with van der Waals surface area (Å²) in [6.07, 6.45) is 7.65. The van der Waals surface area contributed by atoms with Crippen molar-refractivity contribution in [3.05, 3.63) is 35.4 Å². The zero-order chi connectivity index (χ0) is 15.2. The van der Waals surface area contributed by atoms with E-state index in [9.17, 15) is 0 Å². The molecule has 1 aromatic rings. The molecule has 1 fully saturated rings. The van der Waals surface area contributed by atoms with Crippen molar-refractivity contribution in [2.75, 3.05) is 6.54 Å².